The van der Waals surface area contributed by atoms with E-state index in [1.165, 1.54) is 80.9 Å². The van der Waals surface area contributed by atoms with Crippen molar-refractivity contribution in [2.75, 3.05) is 0 Å². The van der Waals surface area contributed by atoms with Crippen molar-refractivity contribution < 1.29 is 18.7 Å². The number of aromatic nitrogens is 2. The van der Waals surface area contributed by atoms with Crippen molar-refractivity contribution in [1.82, 2.24) is 9.13 Å². The van der Waals surface area contributed by atoms with Crippen molar-refractivity contribution in [3.8, 4) is 0 Å². The average Bonchev–Trinajstić information content (AvgIpc) is 2.95. The Morgan fingerprint density at radius 2 is 0.846 bits per heavy atom. The summed E-state index contributed by atoms with van der Waals surface area (Å²) in [6.07, 6.45) is 23.0. The minimum absolute atomic E-state index is 0.455. The predicted molar refractivity (Wildman–Crippen MR) is 98.0 cm³/mol. The van der Waals surface area contributed by atoms with Crippen molar-refractivity contribution in [3.05, 3.63) is 16.3 Å². The zero-order valence-electron chi connectivity index (χ0n) is 15.8. The fourth-order valence-corrected chi connectivity index (χ4v) is 10.7. The van der Waals surface area contributed by atoms with Gasteiger partial charge in [0.25, 0.3) is 0 Å². The van der Waals surface area contributed by atoms with Crippen molar-refractivity contribution in [3.63, 3.8) is 0 Å². The summed E-state index contributed by atoms with van der Waals surface area (Å²) in [7, 11) is 0. The van der Waals surface area contributed by atoms with E-state index in [0.717, 1.165) is 35.5 Å². The summed E-state index contributed by atoms with van der Waals surface area (Å²) >= 11 is 3.82. The Kier molecular flexibility index (Phi) is 3.07. The van der Waals surface area contributed by atoms with Crippen LogP contribution in [0.25, 0.3) is 0 Å². The predicted octanol–water partition coefficient (Wildman–Crippen LogP) is 5.22. The molecule has 1 aromatic heterocycles. The van der Waals surface area contributed by atoms with Gasteiger partial charge in [-0.05, 0) is 0 Å². The molecule has 8 saturated carbocycles. The van der Waals surface area contributed by atoms with E-state index in [2.05, 4.69) is 40.3 Å². The number of imidazole rings is 1. The summed E-state index contributed by atoms with van der Waals surface area (Å²) in [6, 6.07) is 0. The van der Waals surface area contributed by atoms with Gasteiger partial charge in [-0.3, -0.25) is 0 Å². The Morgan fingerprint density at radius 3 is 1.12 bits per heavy atom. The minimum atomic E-state index is 0.455. The van der Waals surface area contributed by atoms with Gasteiger partial charge in [0.05, 0.1) is 0 Å². The second-order valence-electron chi connectivity index (χ2n) is 11.6. The van der Waals surface area contributed by atoms with Crippen LogP contribution in [0.5, 0.6) is 0 Å². The molecule has 0 N–H and O–H groups in total. The van der Waals surface area contributed by atoms with Crippen molar-refractivity contribution in [1.29, 1.82) is 0 Å². The van der Waals surface area contributed by atoms with E-state index in [1.807, 2.05) is 0 Å². The number of nitrogens with zero attached hydrogens (tertiary/aromatic N) is 2. The van der Waals surface area contributed by atoms with Crippen LogP contribution < -0.4 is 0 Å². The van der Waals surface area contributed by atoms with E-state index in [1.54, 1.807) is 0 Å². The van der Waals surface area contributed by atoms with Crippen LogP contribution in [-0.4, -0.2) is 9.13 Å². The van der Waals surface area contributed by atoms with Crippen molar-refractivity contribution in [2.45, 2.75) is 88.1 Å². The Labute approximate surface area is 167 Å². The van der Waals surface area contributed by atoms with E-state index in [-0.39, 0.29) is 0 Å². The number of hydrogen-bond donors (Lipinski definition) is 0. The molecule has 0 aliphatic heterocycles. The Hall–Kier alpha value is -0.128. The van der Waals surface area contributed by atoms with Crippen molar-refractivity contribution in [2.24, 2.45) is 35.5 Å². The molecule has 1 heterocycles. The molecule has 3 heteroatoms. The van der Waals surface area contributed by atoms with Gasteiger partial charge in [-0.15, -0.1) is 0 Å². The van der Waals surface area contributed by atoms with Gasteiger partial charge in [0.15, 0.2) is 0 Å². The first kappa shape index (κ1) is 15.8. The van der Waals surface area contributed by atoms with Crippen LogP contribution in [0, 0.1) is 39.4 Å². The van der Waals surface area contributed by atoms with Gasteiger partial charge in [-0.2, -0.15) is 0 Å². The van der Waals surface area contributed by atoms with Gasteiger partial charge in [-0.25, -0.2) is 0 Å². The first-order valence-electron chi connectivity index (χ1n) is 11.4. The molecule has 144 valence electrons. The molecular formula is C23H32N2Pd. The molecule has 0 amide bonds. The zero-order chi connectivity index (χ0) is 17.1. The van der Waals surface area contributed by atoms with Gasteiger partial charge in [-0.1, -0.05) is 0 Å². The summed E-state index contributed by atoms with van der Waals surface area (Å²) in [5, 5.41) is 0. The Bertz CT molecular complexity index is 679. The van der Waals surface area contributed by atoms with E-state index in [9.17, 15) is 0 Å². The van der Waals surface area contributed by atoms with Gasteiger partial charge in [0.2, 0.25) is 0 Å². The molecule has 0 aromatic carbocycles. The molecule has 2 nitrogen and oxygen atoms in total. The Morgan fingerprint density at radius 1 is 0.577 bits per heavy atom. The molecule has 0 spiro atoms. The summed E-state index contributed by atoms with van der Waals surface area (Å²) in [5.41, 5.74) is 0.910. The van der Waals surface area contributed by atoms with Crippen LogP contribution in [0.1, 0.15) is 77.0 Å². The molecule has 8 fully saturated rings. The molecule has 8 bridgehead atoms. The fourth-order valence-electron chi connectivity index (χ4n) is 9.76. The average molecular weight is 443 g/mol. The molecule has 8 aliphatic rings. The normalized spacial score (nSPS) is 53.6. The molecule has 8 aliphatic carbocycles. The van der Waals surface area contributed by atoms with Crippen LogP contribution in [0.2, 0.25) is 0 Å². The third-order valence-electron chi connectivity index (χ3n) is 9.77. The van der Waals surface area contributed by atoms with Gasteiger partial charge in [0.1, 0.15) is 0 Å². The van der Waals surface area contributed by atoms with Crippen LogP contribution in [0.3, 0.4) is 0 Å². The molecule has 0 atom stereocenters. The maximum absolute atomic E-state index is 3.82. The van der Waals surface area contributed by atoms with E-state index in [0.29, 0.717) is 11.1 Å². The summed E-state index contributed by atoms with van der Waals surface area (Å²) in [4.78, 5) is 0. The van der Waals surface area contributed by atoms with Crippen molar-refractivity contribution >= 4 is 0 Å². The zero-order valence-corrected chi connectivity index (χ0v) is 17.4. The second-order valence-corrected chi connectivity index (χ2v) is 12.3. The third kappa shape index (κ3) is 2.01. The topological polar surface area (TPSA) is 9.86 Å². The molecule has 1 aromatic rings. The van der Waals surface area contributed by atoms with Crippen LogP contribution in [-0.2, 0) is 29.8 Å². The summed E-state index contributed by atoms with van der Waals surface area (Å²) < 4.78 is 6.95. The number of rotatable bonds is 2. The summed E-state index contributed by atoms with van der Waals surface area (Å²) in [5.74, 6) is 6.13. The summed E-state index contributed by atoms with van der Waals surface area (Å²) in [6.45, 7) is 0. The van der Waals surface area contributed by atoms with Crippen LogP contribution >= 0.6 is 0 Å². The monoisotopic (exact) mass is 442 g/mol. The molecule has 0 radical (unpaired) electrons. The van der Waals surface area contributed by atoms with Gasteiger partial charge < -0.3 is 0 Å². The van der Waals surface area contributed by atoms with E-state index < -0.39 is 0 Å². The molecular weight excluding hydrogens is 411 g/mol. The van der Waals surface area contributed by atoms with Gasteiger partial charge in [0, 0.05) is 0 Å². The van der Waals surface area contributed by atoms with Crippen LogP contribution in [0.15, 0.2) is 12.4 Å². The van der Waals surface area contributed by atoms with Crippen LogP contribution in [0.4, 0.5) is 0 Å². The number of hydrogen-bond acceptors (Lipinski definition) is 0. The Balaban J connectivity index is 1.31. The molecule has 0 saturated heterocycles. The quantitative estimate of drug-likeness (QED) is 0.556. The maximum atomic E-state index is 3.82. The first-order valence-corrected chi connectivity index (χ1v) is 12.1. The molecule has 26 heavy (non-hydrogen) atoms. The first-order chi connectivity index (χ1) is 12.6. The van der Waals surface area contributed by atoms with E-state index >= 15 is 0 Å². The SMILES string of the molecule is [Pd]=[c]1n(C23CC4CC(CC(C4)C2)C3)ccn1C12CC3CC(CC(C3)C1)C2. The second kappa shape index (κ2) is 5.07. The molecule has 0 unspecified atom stereocenters. The standard InChI is InChI=1S/C23H32N2.Pd/c1-2-25(23-12-19-6-20(13-23)8-21(7-19)14-23)15-24(1)22-9-16-3-17(10-22)5-18(4-16)11-22;/h1-2,16-21H,3-14H2;. The third-order valence-corrected chi connectivity index (χ3v) is 10.5. The fraction of sp³-hybridized carbons (Fsp3) is 0.870. The molecule has 9 rings (SSSR count). The van der Waals surface area contributed by atoms with Gasteiger partial charge >= 0.3 is 168 Å². The van der Waals surface area contributed by atoms with E-state index in [4.69, 9.17) is 0 Å².